The number of nitrogens with one attached hydrogen (secondary N) is 2. The summed E-state index contributed by atoms with van der Waals surface area (Å²) in [5.74, 6) is -0.582. The number of carbonyl (C=O) groups is 2. The zero-order valence-corrected chi connectivity index (χ0v) is 29.0. The number of hydrogen-bond acceptors (Lipinski definition) is 8. The molecule has 5 aromatic rings. The van der Waals surface area contributed by atoms with E-state index in [1.807, 2.05) is 78.7 Å². The van der Waals surface area contributed by atoms with Gasteiger partial charge in [0.25, 0.3) is 11.8 Å². The van der Waals surface area contributed by atoms with Crippen molar-refractivity contribution in [1.29, 1.82) is 0 Å². The number of nitrogens with zero attached hydrogens (tertiary/aromatic N) is 3. The minimum atomic E-state index is -0.943. The van der Waals surface area contributed by atoms with Crippen LogP contribution in [-0.4, -0.2) is 54.8 Å². The SMILES string of the molecule is Cc1cnc(N2CC3(CCOCC3)C2)c(C(=O)Nc2ccc(C(O)N3CCc4cc(NC(=O)c5ccccc5F)sc4-c4ccccc43)cc2)c1. The summed E-state index contributed by atoms with van der Waals surface area (Å²) in [4.78, 5) is 36.2. The molecule has 0 bridgehead atoms. The highest BCUT2D eigenvalue weighted by molar-refractivity contribution is 7.19. The van der Waals surface area contributed by atoms with Crippen LogP contribution in [0.15, 0.2) is 91.1 Å². The Hall–Kier alpha value is -5.10. The quantitative estimate of drug-likeness (QED) is 0.162. The number of aryl methyl sites for hydroxylation is 1. The second-order valence-electron chi connectivity index (χ2n) is 13.7. The van der Waals surface area contributed by atoms with Crippen LogP contribution in [0.1, 0.15) is 56.5 Å². The van der Waals surface area contributed by atoms with Crippen molar-refractivity contribution >= 4 is 45.3 Å². The molecule has 1 atom stereocenters. The molecule has 1 spiro atoms. The summed E-state index contributed by atoms with van der Waals surface area (Å²) in [5.41, 5.74) is 5.86. The number of pyridine rings is 1. The summed E-state index contributed by atoms with van der Waals surface area (Å²) in [6.45, 7) is 5.78. The number of aliphatic hydroxyl groups is 1. The second kappa shape index (κ2) is 13.6. The van der Waals surface area contributed by atoms with E-state index in [1.54, 1.807) is 12.1 Å². The smallest absolute Gasteiger partial charge is 0.259 e. The molecule has 3 aromatic carbocycles. The van der Waals surface area contributed by atoms with Crippen molar-refractivity contribution in [3.05, 3.63) is 125 Å². The maximum absolute atomic E-state index is 14.2. The highest BCUT2D eigenvalue weighted by atomic mass is 32.1. The number of thiophene rings is 1. The Kier molecular flexibility index (Phi) is 8.79. The lowest BCUT2D eigenvalue weighted by molar-refractivity contribution is -0.000510. The van der Waals surface area contributed by atoms with E-state index in [0.717, 1.165) is 66.4 Å². The van der Waals surface area contributed by atoms with Crippen LogP contribution in [0.5, 0.6) is 0 Å². The van der Waals surface area contributed by atoms with Gasteiger partial charge in [-0.3, -0.25) is 9.59 Å². The zero-order valence-electron chi connectivity index (χ0n) is 28.2. The Morgan fingerprint density at radius 1 is 0.941 bits per heavy atom. The summed E-state index contributed by atoms with van der Waals surface area (Å²) in [6, 6.07) is 24.9. The fraction of sp³-hybridized carbons (Fsp3) is 0.275. The monoisotopic (exact) mass is 703 g/mol. The fourth-order valence-electron chi connectivity index (χ4n) is 7.39. The average Bonchev–Trinajstić information content (AvgIpc) is 3.46. The molecule has 5 heterocycles. The third-order valence-corrected chi connectivity index (χ3v) is 11.3. The van der Waals surface area contributed by atoms with Gasteiger partial charge in [0, 0.05) is 71.8 Å². The molecular weight excluding hydrogens is 666 g/mol. The zero-order chi connectivity index (χ0) is 35.1. The summed E-state index contributed by atoms with van der Waals surface area (Å²) in [6.07, 6.45) is 3.56. The lowest BCUT2D eigenvalue weighted by atomic mass is 9.73. The van der Waals surface area contributed by atoms with Crippen LogP contribution < -0.4 is 20.4 Å². The normalized spacial score (nSPS) is 16.8. The minimum Gasteiger partial charge on any atom is -0.381 e. The van der Waals surface area contributed by atoms with E-state index in [4.69, 9.17) is 4.74 Å². The Morgan fingerprint density at radius 3 is 2.45 bits per heavy atom. The van der Waals surface area contributed by atoms with Gasteiger partial charge in [-0.25, -0.2) is 9.37 Å². The predicted molar refractivity (Wildman–Crippen MR) is 198 cm³/mol. The Bertz CT molecular complexity index is 2100. The maximum Gasteiger partial charge on any atom is 0.259 e. The third-order valence-electron chi connectivity index (χ3n) is 10.2. The minimum absolute atomic E-state index is 0.00595. The summed E-state index contributed by atoms with van der Waals surface area (Å²) in [5, 5.41) is 18.2. The number of ether oxygens (including phenoxy) is 1. The Balaban J connectivity index is 0.969. The van der Waals surface area contributed by atoms with Gasteiger partial charge in [-0.15, -0.1) is 11.3 Å². The first-order valence-electron chi connectivity index (χ1n) is 17.2. The van der Waals surface area contributed by atoms with Gasteiger partial charge in [-0.05, 0) is 79.8 Å². The van der Waals surface area contributed by atoms with E-state index in [2.05, 4.69) is 20.5 Å². The van der Waals surface area contributed by atoms with Crippen LogP contribution in [0.4, 0.5) is 26.6 Å². The van der Waals surface area contributed by atoms with Crippen molar-refractivity contribution in [3.8, 4) is 10.4 Å². The number of fused-ring (bicyclic) bond motifs is 3. The first-order chi connectivity index (χ1) is 24.8. The fourth-order valence-corrected chi connectivity index (χ4v) is 8.53. The molecule has 2 aromatic heterocycles. The number of rotatable bonds is 7. The van der Waals surface area contributed by atoms with Crippen molar-refractivity contribution in [2.45, 2.75) is 32.4 Å². The van der Waals surface area contributed by atoms with Gasteiger partial charge in [-0.1, -0.05) is 42.5 Å². The molecule has 8 rings (SSSR count). The number of hydrogen-bond donors (Lipinski definition) is 3. The molecule has 2 amide bonds. The van der Waals surface area contributed by atoms with Crippen LogP contribution in [0, 0.1) is 18.2 Å². The van der Waals surface area contributed by atoms with Crippen molar-refractivity contribution in [2.75, 3.05) is 53.3 Å². The molecule has 0 saturated carbocycles. The lowest BCUT2D eigenvalue weighted by Crippen LogP contribution is -2.59. The van der Waals surface area contributed by atoms with Crippen LogP contribution in [0.2, 0.25) is 0 Å². The highest BCUT2D eigenvalue weighted by Gasteiger charge is 2.45. The summed E-state index contributed by atoms with van der Waals surface area (Å²) < 4.78 is 19.8. The van der Waals surface area contributed by atoms with E-state index in [9.17, 15) is 19.1 Å². The number of halogens is 1. The van der Waals surface area contributed by atoms with Crippen LogP contribution in [0.3, 0.4) is 0 Å². The van der Waals surface area contributed by atoms with E-state index < -0.39 is 18.0 Å². The standard InChI is InChI=1S/C40H38FN5O4S/c1-25-20-31(36(42-22-25)45-23-40(24-45)15-18-50-19-16-40)38(48)43-28-12-10-26(11-13-28)39(49)46-17-14-27-21-34(44-37(47)29-6-2-4-8-32(29)41)51-35(27)30-7-3-5-9-33(30)46/h2-13,20-22,39,49H,14-19,23-24H2,1H3,(H,43,48)(H,44,47). The maximum atomic E-state index is 14.2. The van der Waals surface area contributed by atoms with Crippen LogP contribution in [-0.2, 0) is 11.2 Å². The number of amides is 2. The molecule has 260 valence electrons. The first-order valence-corrected chi connectivity index (χ1v) is 18.0. The summed E-state index contributed by atoms with van der Waals surface area (Å²) in [7, 11) is 0. The van der Waals surface area contributed by atoms with Crippen molar-refractivity contribution in [3.63, 3.8) is 0 Å². The first kappa shape index (κ1) is 33.1. The Labute approximate surface area is 299 Å². The molecule has 3 aliphatic heterocycles. The molecule has 11 heteroatoms. The molecule has 9 nitrogen and oxygen atoms in total. The third kappa shape index (κ3) is 6.48. The topological polar surface area (TPSA) is 107 Å². The number of anilines is 4. The van der Waals surface area contributed by atoms with Gasteiger partial charge in [0.15, 0.2) is 6.23 Å². The number of para-hydroxylation sites is 1. The van der Waals surface area contributed by atoms with Crippen LogP contribution in [0.25, 0.3) is 10.4 Å². The average molecular weight is 704 g/mol. The molecule has 0 aliphatic carbocycles. The molecule has 3 N–H and O–H groups in total. The van der Waals surface area contributed by atoms with Gasteiger partial charge in [0.05, 0.1) is 16.1 Å². The lowest BCUT2D eigenvalue weighted by Gasteiger charge is -2.53. The number of aliphatic hydroxyl groups excluding tert-OH is 1. The van der Waals surface area contributed by atoms with Gasteiger partial charge in [0.1, 0.15) is 11.6 Å². The van der Waals surface area contributed by atoms with Crippen molar-refractivity contribution in [2.24, 2.45) is 5.41 Å². The predicted octanol–water partition coefficient (Wildman–Crippen LogP) is 7.43. The van der Waals surface area contributed by atoms with Crippen molar-refractivity contribution in [1.82, 2.24) is 4.98 Å². The summed E-state index contributed by atoms with van der Waals surface area (Å²) >= 11 is 1.43. The van der Waals surface area contributed by atoms with Gasteiger partial charge in [0.2, 0.25) is 0 Å². The van der Waals surface area contributed by atoms with E-state index >= 15 is 0 Å². The van der Waals surface area contributed by atoms with E-state index in [0.29, 0.717) is 40.6 Å². The highest BCUT2D eigenvalue weighted by Crippen LogP contribution is 2.45. The molecule has 51 heavy (non-hydrogen) atoms. The number of benzene rings is 3. The van der Waals surface area contributed by atoms with Crippen molar-refractivity contribution < 1.29 is 23.8 Å². The number of aromatic nitrogens is 1. The van der Waals surface area contributed by atoms with Gasteiger partial charge < -0.3 is 30.3 Å². The van der Waals surface area contributed by atoms with E-state index in [1.165, 1.54) is 23.5 Å². The molecule has 3 aliphatic rings. The molecule has 2 fully saturated rings. The largest absolute Gasteiger partial charge is 0.381 e. The molecular formula is C40H38FN5O4S. The van der Waals surface area contributed by atoms with Crippen LogP contribution >= 0.6 is 11.3 Å². The number of carbonyl (C=O) groups excluding carboxylic acids is 2. The molecule has 1 unspecified atom stereocenters. The molecule has 2 saturated heterocycles. The van der Waals surface area contributed by atoms with Gasteiger partial charge in [-0.2, -0.15) is 0 Å². The Morgan fingerprint density at radius 2 is 1.67 bits per heavy atom. The molecule has 0 radical (unpaired) electrons. The van der Waals surface area contributed by atoms with Gasteiger partial charge >= 0.3 is 0 Å². The van der Waals surface area contributed by atoms with E-state index in [-0.39, 0.29) is 16.9 Å². The second-order valence-corrected chi connectivity index (χ2v) is 14.7.